The zero-order valence-corrected chi connectivity index (χ0v) is 16.5. The Morgan fingerprint density at radius 3 is 2.74 bits per heavy atom. The highest BCUT2D eigenvalue weighted by atomic mass is 35.5. The third-order valence-corrected chi connectivity index (χ3v) is 5.59. The first-order valence-electron chi connectivity index (χ1n) is 8.97. The van der Waals surface area contributed by atoms with Gasteiger partial charge in [0.25, 0.3) is 0 Å². The molecule has 1 N–H and O–H groups in total. The molecule has 3 aromatic rings. The first-order valence-corrected chi connectivity index (χ1v) is 10.2. The summed E-state index contributed by atoms with van der Waals surface area (Å²) < 4.78 is 0. The molecule has 0 unspecified atom stereocenters. The van der Waals surface area contributed by atoms with Crippen molar-refractivity contribution in [2.75, 3.05) is 11.9 Å². The molecular formula is C21H19ClN4S. The van der Waals surface area contributed by atoms with Gasteiger partial charge in [0.1, 0.15) is 17.0 Å². The predicted octanol–water partition coefficient (Wildman–Crippen LogP) is 5.98. The molecule has 0 atom stereocenters. The minimum Gasteiger partial charge on any atom is -0.368 e. The molecule has 1 aliphatic heterocycles. The maximum atomic E-state index is 6.31. The van der Waals surface area contributed by atoms with Gasteiger partial charge in [-0.3, -0.25) is 0 Å². The van der Waals surface area contributed by atoms with E-state index in [1.54, 1.807) is 18.1 Å². The van der Waals surface area contributed by atoms with Gasteiger partial charge in [-0.2, -0.15) is 0 Å². The average Bonchev–Trinajstić information content (AvgIpc) is 2.86. The van der Waals surface area contributed by atoms with Crippen LogP contribution in [0.2, 0.25) is 5.02 Å². The maximum Gasteiger partial charge on any atom is 0.156 e. The van der Waals surface area contributed by atoms with Gasteiger partial charge in [0, 0.05) is 27.6 Å². The fraction of sp³-hybridized carbons (Fsp3) is 0.190. The van der Waals surface area contributed by atoms with E-state index in [1.807, 2.05) is 36.4 Å². The third kappa shape index (κ3) is 3.84. The molecule has 0 saturated carbocycles. The largest absolute Gasteiger partial charge is 0.368 e. The van der Waals surface area contributed by atoms with Crippen LogP contribution in [-0.2, 0) is 0 Å². The molecule has 4 rings (SSSR count). The van der Waals surface area contributed by atoms with E-state index in [4.69, 9.17) is 16.6 Å². The smallest absolute Gasteiger partial charge is 0.156 e. The van der Waals surface area contributed by atoms with E-state index in [0.717, 1.165) is 57.7 Å². The number of nitrogens with one attached hydrogen (secondary N) is 1. The standard InChI is InChI=1S/C21H19ClN4S/c1-2-3-11-23-20-19-21(25-13-24-20)27-17-10-9-15(22)12-16(17)18(26-19)14-7-5-4-6-8-14/h4-10,12-13H,2-3,11H2,1H3,(H,23,24,25). The summed E-state index contributed by atoms with van der Waals surface area (Å²) >= 11 is 7.90. The van der Waals surface area contributed by atoms with E-state index in [2.05, 4.69) is 34.3 Å². The van der Waals surface area contributed by atoms with Gasteiger partial charge >= 0.3 is 0 Å². The highest BCUT2D eigenvalue weighted by Crippen LogP contribution is 2.43. The van der Waals surface area contributed by atoms with E-state index in [0.29, 0.717) is 5.02 Å². The summed E-state index contributed by atoms with van der Waals surface area (Å²) in [6.07, 6.45) is 3.80. The number of aromatic nitrogens is 2. The lowest BCUT2D eigenvalue weighted by molar-refractivity contribution is 0.829. The zero-order chi connectivity index (χ0) is 18.6. The summed E-state index contributed by atoms with van der Waals surface area (Å²) in [5, 5.41) is 4.95. The zero-order valence-electron chi connectivity index (χ0n) is 14.9. The predicted molar refractivity (Wildman–Crippen MR) is 113 cm³/mol. The van der Waals surface area contributed by atoms with Crippen LogP contribution in [0.4, 0.5) is 11.5 Å². The molecule has 2 aromatic carbocycles. The van der Waals surface area contributed by atoms with Gasteiger partial charge in [-0.05, 0) is 24.6 Å². The summed E-state index contributed by atoms with van der Waals surface area (Å²) in [5.41, 5.74) is 3.71. The monoisotopic (exact) mass is 394 g/mol. The van der Waals surface area contributed by atoms with Gasteiger partial charge in [0.2, 0.25) is 0 Å². The number of halogens is 1. The van der Waals surface area contributed by atoms with Crippen LogP contribution >= 0.6 is 23.4 Å². The van der Waals surface area contributed by atoms with Crippen molar-refractivity contribution in [3.63, 3.8) is 0 Å². The molecular weight excluding hydrogens is 376 g/mol. The molecule has 136 valence electrons. The molecule has 0 aliphatic carbocycles. The fourth-order valence-corrected chi connectivity index (χ4v) is 4.04. The topological polar surface area (TPSA) is 50.2 Å². The Morgan fingerprint density at radius 1 is 1.07 bits per heavy atom. The molecule has 0 fully saturated rings. The molecule has 6 heteroatoms. The summed E-state index contributed by atoms with van der Waals surface area (Å²) in [6, 6.07) is 16.1. The summed E-state index contributed by atoms with van der Waals surface area (Å²) in [6.45, 7) is 3.03. The Morgan fingerprint density at radius 2 is 1.93 bits per heavy atom. The van der Waals surface area contributed by atoms with Crippen molar-refractivity contribution >= 4 is 40.6 Å². The Kier molecular flexibility index (Phi) is 5.41. The van der Waals surface area contributed by atoms with Crippen LogP contribution in [0.3, 0.4) is 0 Å². The number of benzene rings is 2. The van der Waals surface area contributed by atoms with Gasteiger partial charge in [0.05, 0.1) is 5.71 Å². The van der Waals surface area contributed by atoms with E-state index >= 15 is 0 Å². The van der Waals surface area contributed by atoms with E-state index in [9.17, 15) is 0 Å². The molecule has 2 heterocycles. The number of unbranched alkanes of at least 4 members (excludes halogenated alkanes) is 1. The number of anilines is 1. The lowest BCUT2D eigenvalue weighted by Crippen LogP contribution is -2.06. The van der Waals surface area contributed by atoms with Crippen LogP contribution in [0.5, 0.6) is 0 Å². The van der Waals surface area contributed by atoms with Crippen molar-refractivity contribution < 1.29 is 0 Å². The minimum atomic E-state index is 0.691. The molecule has 1 aliphatic rings. The second kappa shape index (κ2) is 8.11. The second-order valence-corrected chi connectivity index (χ2v) is 7.69. The van der Waals surface area contributed by atoms with Gasteiger partial charge in [-0.25, -0.2) is 15.0 Å². The lowest BCUT2D eigenvalue weighted by atomic mass is 10.0. The first kappa shape index (κ1) is 18.0. The average molecular weight is 395 g/mol. The van der Waals surface area contributed by atoms with Crippen molar-refractivity contribution in [3.8, 4) is 0 Å². The molecule has 0 bridgehead atoms. The van der Waals surface area contributed by atoms with Crippen molar-refractivity contribution in [1.82, 2.24) is 9.97 Å². The van der Waals surface area contributed by atoms with Crippen molar-refractivity contribution in [1.29, 1.82) is 0 Å². The van der Waals surface area contributed by atoms with Crippen LogP contribution in [0.25, 0.3) is 0 Å². The molecule has 0 spiro atoms. The summed E-state index contributed by atoms with van der Waals surface area (Å²) in [7, 11) is 0. The van der Waals surface area contributed by atoms with Crippen molar-refractivity contribution in [3.05, 3.63) is 71.0 Å². The quantitative estimate of drug-likeness (QED) is 0.334. The summed E-state index contributed by atoms with van der Waals surface area (Å²) in [5.74, 6) is 0.772. The van der Waals surface area contributed by atoms with E-state index in [-0.39, 0.29) is 0 Å². The van der Waals surface area contributed by atoms with Crippen molar-refractivity contribution in [2.24, 2.45) is 4.99 Å². The maximum absolute atomic E-state index is 6.31. The van der Waals surface area contributed by atoms with Gasteiger partial charge in [0.15, 0.2) is 5.82 Å². The molecule has 4 nitrogen and oxygen atoms in total. The van der Waals surface area contributed by atoms with Crippen LogP contribution < -0.4 is 5.32 Å². The second-order valence-electron chi connectivity index (χ2n) is 6.23. The number of aliphatic imine (C=N–C) groups is 1. The molecule has 0 amide bonds. The number of rotatable bonds is 5. The molecule has 27 heavy (non-hydrogen) atoms. The Bertz CT molecular complexity index is 989. The van der Waals surface area contributed by atoms with Gasteiger partial charge in [-0.1, -0.05) is 67.0 Å². The van der Waals surface area contributed by atoms with Crippen molar-refractivity contribution in [2.45, 2.75) is 29.7 Å². The minimum absolute atomic E-state index is 0.691. The molecule has 0 radical (unpaired) electrons. The molecule has 0 saturated heterocycles. The SMILES string of the molecule is CCCCNc1ncnc2c1N=C(c1ccccc1)c1cc(Cl)ccc1S2. The van der Waals surface area contributed by atoms with E-state index in [1.165, 1.54) is 0 Å². The number of fused-ring (bicyclic) bond motifs is 2. The highest BCUT2D eigenvalue weighted by molar-refractivity contribution is 7.99. The normalized spacial score (nSPS) is 12.6. The highest BCUT2D eigenvalue weighted by Gasteiger charge is 2.22. The number of nitrogens with zero attached hydrogens (tertiary/aromatic N) is 3. The number of hydrogen-bond donors (Lipinski definition) is 1. The summed E-state index contributed by atoms with van der Waals surface area (Å²) in [4.78, 5) is 15.0. The third-order valence-electron chi connectivity index (χ3n) is 4.29. The first-order chi connectivity index (χ1) is 13.3. The van der Waals surface area contributed by atoms with Gasteiger partial charge in [-0.15, -0.1) is 0 Å². The Balaban J connectivity index is 1.89. The Hall–Kier alpha value is -2.37. The Labute approximate surface area is 168 Å². The van der Waals surface area contributed by atoms with Crippen LogP contribution in [0.1, 0.15) is 30.9 Å². The van der Waals surface area contributed by atoms with Crippen LogP contribution in [0, 0.1) is 0 Å². The fourth-order valence-electron chi connectivity index (χ4n) is 2.92. The van der Waals surface area contributed by atoms with E-state index < -0.39 is 0 Å². The lowest BCUT2D eigenvalue weighted by Gasteiger charge is -2.10. The van der Waals surface area contributed by atoms with Gasteiger partial charge < -0.3 is 5.32 Å². The van der Waals surface area contributed by atoms with Crippen LogP contribution in [0.15, 0.2) is 69.8 Å². The molecule has 1 aromatic heterocycles. The number of hydrogen-bond acceptors (Lipinski definition) is 5. The van der Waals surface area contributed by atoms with Crippen LogP contribution in [-0.4, -0.2) is 22.2 Å².